The Balaban J connectivity index is 1.95. The van der Waals surface area contributed by atoms with Gasteiger partial charge < -0.3 is 19.5 Å². The molecule has 4 heteroatoms. The van der Waals surface area contributed by atoms with Gasteiger partial charge in [-0.1, -0.05) is 13.0 Å². The van der Waals surface area contributed by atoms with Crippen molar-refractivity contribution in [1.82, 2.24) is 4.90 Å². The molecule has 2 rings (SSSR count). The van der Waals surface area contributed by atoms with Crippen LogP contribution in [0, 0.1) is 11.8 Å². The standard InChI is InChI=1S/C16H25NO3/c1-11-7-13(11)9-17(2)10-14(18)12-5-6-15(19-3)16(8-12)20-4/h5-6,8,11,13-14,18H,7,9-10H2,1-4H3. The van der Waals surface area contributed by atoms with E-state index in [9.17, 15) is 5.11 Å². The van der Waals surface area contributed by atoms with Gasteiger partial charge in [-0.15, -0.1) is 0 Å². The predicted octanol–water partition coefficient (Wildman–Crippen LogP) is 2.33. The molecule has 1 aliphatic rings. The smallest absolute Gasteiger partial charge is 0.161 e. The predicted molar refractivity (Wildman–Crippen MR) is 79.3 cm³/mol. The van der Waals surface area contributed by atoms with Gasteiger partial charge in [-0.05, 0) is 43.0 Å². The lowest BCUT2D eigenvalue weighted by Crippen LogP contribution is -2.27. The monoisotopic (exact) mass is 279 g/mol. The number of likely N-dealkylation sites (N-methyl/N-ethyl adjacent to an activating group) is 1. The molecule has 20 heavy (non-hydrogen) atoms. The minimum atomic E-state index is -0.506. The summed E-state index contributed by atoms with van der Waals surface area (Å²) in [7, 11) is 5.28. The van der Waals surface area contributed by atoms with Crippen molar-refractivity contribution in [1.29, 1.82) is 0 Å². The molecule has 1 aliphatic carbocycles. The molecule has 4 nitrogen and oxygen atoms in total. The minimum absolute atomic E-state index is 0.506. The highest BCUT2D eigenvalue weighted by atomic mass is 16.5. The molecule has 1 aromatic rings. The van der Waals surface area contributed by atoms with Crippen LogP contribution >= 0.6 is 0 Å². The molecule has 0 radical (unpaired) electrons. The zero-order valence-electron chi connectivity index (χ0n) is 12.8. The Morgan fingerprint density at radius 2 is 1.95 bits per heavy atom. The van der Waals surface area contributed by atoms with Crippen LogP contribution < -0.4 is 9.47 Å². The van der Waals surface area contributed by atoms with Gasteiger partial charge in [0.1, 0.15) is 0 Å². The quantitative estimate of drug-likeness (QED) is 0.832. The van der Waals surface area contributed by atoms with Crippen LogP contribution in [0.3, 0.4) is 0 Å². The Morgan fingerprint density at radius 3 is 2.50 bits per heavy atom. The zero-order chi connectivity index (χ0) is 14.7. The summed E-state index contributed by atoms with van der Waals surface area (Å²) >= 11 is 0. The lowest BCUT2D eigenvalue weighted by Gasteiger charge is -2.21. The molecule has 1 aromatic carbocycles. The van der Waals surface area contributed by atoms with Gasteiger partial charge >= 0.3 is 0 Å². The van der Waals surface area contributed by atoms with Crippen LogP contribution in [-0.4, -0.2) is 44.4 Å². The molecular weight excluding hydrogens is 254 g/mol. The summed E-state index contributed by atoms with van der Waals surface area (Å²) in [5.41, 5.74) is 0.860. The van der Waals surface area contributed by atoms with Gasteiger partial charge in [0, 0.05) is 13.1 Å². The molecule has 3 atom stereocenters. The molecule has 0 aromatic heterocycles. The number of aliphatic hydroxyl groups excluding tert-OH is 1. The van der Waals surface area contributed by atoms with Crippen molar-refractivity contribution >= 4 is 0 Å². The number of ether oxygens (including phenoxy) is 2. The summed E-state index contributed by atoms with van der Waals surface area (Å²) in [4.78, 5) is 2.20. The summed E-state index contributed by atoms with van der Waals surface area (Å²) in [6.07, 6.45) is 0.811. The first kappa shape index (κ1) is 15.1. The van der Waals surface area contributed by atoms with E-state index in [-0.39, 0.29) is 0 Å². The van der Waals surface area contributed by atoms with Crippen molar-refractivity contribution < 1.29 is 14.6 Å². The van der Waals surface area contributed by atoms with Gasteiger partial charge in [0.05, 0.1) is 20.3 Å². The Hall–Kier alpha value is -1.26. The molecule has 0 spiro atoms. The summed E-state index contributed by atoms with van der Waals surface area (Å²) in [6.45, 7) is 3.98. The van der Waals surface area contributed by atoms with Gasteiger partial charge in [-0.2, -0.15) is 0 Å². The van der Waals surface area contributed by atoms with Crippen LogP contribution in [0.15, 0.2) is 18.2 Å². The average Bonchev–Trinajstić information content (AvgIpc) is 3.12. The highest BCUT2D eigenvalue weighted by molar-refractivity contribution is 5.43. The Labute approximate surface area is 121 Å². The number of nitrogens with zero attached hydrogens (tertiary/aromatic N) is 1. The van der Waals surface area contributed by atoms with Crippen LogP contribution in [0.2, 0.25) is 0 Å². The first-order chi connectivity index (χ1) is 9.55. The van der Waals surface area contributed by atoms with E-state index in [4.69, 9.17) is 9.47 Å². The van der Waals surface area contributed by atoms with Gasteiger partial charge in [0.2, 0.25) is 0 Å². The minimum Gasteiger partial charge on any atom is -0.493 e. The van der Waals surface area contributed by atoms with Gasteiger partial charge in [-0.3, -0.25) is 0 Å². The third kappa shape index (κ3) is 3.64. The third-order valence-corrected chi connectivity index (χ3v) is 4.10. The molecule has 0 saturated heterocycles. The lowest BCUT2D eigenvalue weighted by atomic mass is 10.1. The second-order valence-corrected chi connectivity index (χ2v) is 5.82. The van der Waals surface area contributed by atoms with Crippen molar-refractivity contribution in [3.05, 3.63) is 23.8 Å². The van der Waals surface area contributed by atoms with Crippen LogP contribution in [-0.2, 0) is 0 Å². The largest absolute Gasteiger partial charge is 0.493 e. The molecule has 1 saturated carbocycles. The fourth-order valence-electron chi connectivity index (χ4n) is 2.59. The van der Waals surface area contributed by atoms with E-state index in [0.29, 0.717) is 18.0 Å². The molecule has 0 aliphatic heterocycles. The molecule has 112 valence electrons. The zero-order valence-corrected chi connectivity index (χ0v) is 12.8. The number of methoxy groups -OCH3 is 2. The number of hydrogen-bond donors (Lipinski definition) is 1. The first-order valence-electron chi connectivity index (χ1n) is 7.13. The van der Waals surface area contributed by atoms with E-state index in [1.54, 1.807) is 14.2 Å². The SMILES string of the molecule is COc1ccc(C(O)CN(C)CC2CC2C)cc1OC. The maximum absolute atomic E-state index is 10.3. The van der Waals surface area contributed by atoms with E-state index >= 15 is 0 Å². The Kier molecular flexibility index (Phi) is 4.89. The molecule has 0 heterocycles. The molecule has 0 amide bonds. The second-order valence-electron chi connectivity index (χ2n) is 5.82. The van der Waals surface area contributed by atoms with Crippen molar-refractivity contribution in [2.75, 3.05) is 34.4 Å². The van der Waals surface area contributed by atoms with Gasteiger partial charge in [0.15, 0.2) is 11.5 Å². The van der Waals surface area contributed by atoms with Crippen LogP contribution in [0.5, 0.6) is 11.5 Å². The van der Waals surface area contributed by atoms with E-state index < -0.39 is 6.10 Å². The molecule has 0 bridgehead atoms. The number of rotatable bonds is 7. The molecular formula is C16H25NO3. The molecule has 1 N–H and O–H groups in total. The van der Waals surface area contributed by atoms with E-state index in [0.717, 1.165) is 23.9 Å². The van der Waals surface area contributed by atoms with Crippen molar-refractivity contribution in [3.63, 3.8) is 0 Å². The Bertz CT molecular complexity index is 449. The van der Waals surface area contributed by atoms with Crippen molar-refractivity contribution in [2.24, 2.45) is 11.8 Å². The van der Waals surface area contributed by atoms with E-state index in [1.165, 1.54) is 6.42 Å². The number of hydrogen-bond acceptors (Lipinski definition) is 4. The van der Waals surface area contributed by atoms with Crippen LogP contribution in [0.4, 0.5) is 0 Å². The van der Waals surface area contributed by atoms with E-state index in [2.05, 4.69) is 18.9 Å². The van der Waals surface area contributed by atoms with Crippen molar-refractivity contribution in [2.45, 2.75) is 19.4 Å². The molecule has 1 fully saturated rings. The molecule has 3 unspecified atom stereocenters. The van der Waals surface area contributed by atoms with Crippen LogP contribution in [0.1, 0.15) is 25.0 Å². The lowest BCUT2D eigenvalue weighted by molar-refractivity contribution is 0.123. The van der Waals surface area contributed by atoms with Gasteiger partial charge in [-0.25, -0.2) is 0 Å². The Morgan fingerprint density at radius 1 is 1.30 bits per heavy atom. The number of benzene rings is 1. The first-order valence-corrected chi connectivity index (χ1v) is 7.13. The summed E-state index contributed by atoms with van der Waals surface area (Å²) in [6, 6.07) is 5.57. The fraction of sp³-hybridized carbons (Fsp3) is 0.625. The summed E-state index contributed by atoms with van der Waals surface area (Å²) < 4.78 is 10.5. The normalized spacial score (nSPS) is 22.7. The third-order valence-electron chi connectivity index (χ3n) is 4.10. The average molecular weight is 279 g/mol. The highest BCUT2D eigenvalue weighted by Crippen LogP contribution is 2.38. The van der Waals surface area contributed by atoms with Crippen molar-refractivity contribution in [3.8, 4) is 11.5 Å². The second kappa shape index (κ2) is 6.46. The number of aliphatic hydroxyl groups is 1. The highest BCUT2D eigenvalue weighted by Gasteiger charge is 2.33. The summed E-state index contributed by atoms with van der Waals surface area (Å²) in [5, 5.41) is 10.3. The maximum atomic E-state index is 10.3. The fourth-order valence-corrected chi connectivity index (χ4v) is 2.59. The maximum Gasteiger partial charge on any atom is 0.161 e. The van der Waals surface area contributed by atoms with Gasteiger partial charge in [0.25, 0.3) is 0 Å². The topological polar surface area (TPSA) is 41.9 Å². The summed E-state index contributed by atoms with van der Waals surface area (Å²) in [5.74, 6) is 2.99. The van der Waals surface area contributed by atoms with Crippen LogP contribution in [0.25, 0.3) is 0 Å². The van der Waals surface area contributed by atoms with E-state index in [1.807, 2.05) is 18.2 Å².